The Labute approximate surface area is 153 Å². The van der Waals surface area contributed by atoms with E-state index in [4.69, 9.17) is 23.2 Å². The molecule has 24 heavy (non-hydrogen) atoms. The molecule has 0 radical (unpaired) electrons. The van der Waals surface area contributed by atoms with Crippen LogP contribution in [0.1, 0.15) is 31.9 Å². The average molecular weight is 396 g/mol. The molecule has 1 aromatic carbocycles. The molecule has 0 aliphatic heterocycles. The average Bonchev–Trinajstić information content (AvgIpc) is 2.53. The summed E-state index contributed by atoms with van der Waals surface area (Å²) in [7, 11) is -1.65. The monoisotopic (exact) mass is 395 g/mol. The van der Waals surface area contributed by atoms with Crippen LogP contribution in [0.25, 0.3) is 0 Å². The van der Waals surface area contributed by atoms with E-state index in [1.54, 1.807) is 25.1 Å². The van der Waals surface area contributed by atoms with Crippen molar-refractivity contribution in [2.24, 2.45) is 0 Å². The number of benzene rings is 1. The molecule has 0 bridgehead atoms. The summed E-state index contributed by atoms with van der Waals surface area (Å²) in [5.74, 6) is 0.0680. The number of carbonyl (C=O) groups excluding carboxylic acids is 1. The zero-order valence-electron chi connectivity index (χ0n) is 14.0. The van der Waals surface area contributed by atoms with Crippen molar-refractivity contribution < 1.29 is 13.2 Å². The zero-order valence-corrected chi connectivity index (χ0v) is 16.3. The van der Waals surface area contributed by atoms with Gasteiger partial charge in [-0.1, -0.05) is 29.3 Å². The van der Waals surface area contributed by atoms with Gasteiger partial charge in [0.05, 0.1) is 21.8 Å². The smallest absolute Gasteiger partial charge is 0.315 e. The lowest BCUT2D eigenvalue weighted by atomic mass is 10.1. The highest BCUT2D eigenvalue weighted by atomic mass is 35.5. The van der Waals surface area contributed by atoms with E-state index in [1.807, 2.05) is 6.92 Å². The molecular formula is C15H23Cl2N3O3S. The number of rotatable bonds is 8. The Balaban J connectivity index is 2.37. The van der Waals surface area contributed by atoms with Crippen LogP contribution in [-0.4, -0.2) is 44.6 Å². The number of urea groups is 1. The van der Waals surface area contributed by atoms with Gasteiger partial charge in [0.2, 0.25) is 10.0 Å². The van der Waals surface area contributed by atoms with Crippen molar-refractivity contribution in [1.82, 2.24) is 14.9 Å². The van der Waals surface area contributed by atoms with Crippen molar-refractivity contribution in [3.8, 4) is 0 Å². The third-order valence-corrected chi connectivity index (χ3v) is 6.17. The normalized spacial score (nSPS) is 12.9. The molecule has 2 N–H and O–H groups in total. The number of hydrogen-bond acceptors (Lipinski definition) is 3. The van der Waals surface area contributed by atoms with Crippen LogP contribution >= 0.6 is 23.2 Å². The minimum Gasteiger partial charge on any atom is -0.338 e. The second-order valence-corrected chi connectivity index (χ2v) is 8.55. The molecule has 2 amide bonds. The summed E-state index contributed by atoms with van der Waals surface area (Å²) in [5, 5.41) is 6.39. The van der Waals surface area contributed by atoms with Gasteiger partial charge in [0.1, 0.15) is 0 Å². The van der Waals surface area contributed by atoms with Crippen LogP contribution in [0.5, 0.6) is 0 Å². The Morgan fingerprint density at radius 1 is 1.29 bits per heavy atom. The Hall–Kier alpha value is -1.02. The second kappa shape index (κ2) is 9.46. The van der Waals surface area contributed by atoms with E-state index in [9.17, 15) is 13.2 Å². The molecule has 1 unspecified atom stereocenters. The fourth-order valence-electron chi connectivity index (χ4n) is 1.98. The van der Waals surface area contributed by atoms with Crippen molar-refractivity contribution in [3.05, 3.63) is 33.8 Å². The maximum atomic E-state index is 11.9. The Kier molecular flexibility index (Phi) is 8.29. The first-order chi connectivity index (χ1) is 11.2. The molecule has 1 atom stereocenters. The Morgan fingerprint density at radius 3 is 2.54 bits per heavy atom. The van der Waals surface area contributed by atoms with Crippen molar-refractivity contribution in [2.45, 2.75) is 26.3 Å². The molecular weight excluding hydrogens is 373 g/mol. The predicted octanol–water partition coefficient (Wildman–Crippen LogP) is 3.03. The Bertz CT molecular complexity index is 668. The minimum atomic E-state index is -3.18. The molecule has 0 saturated heterocycles. The highest BCUT2D eigenvalue weighted by molar-refractivity contribution is 7.89. The summed E-state index contributed by atoms with van der Waals surface area (Å²) >= 11 is 11.8. The fraction of sp³-hybridized carbons (Fsp3) is 0.533. The lowest BCUT2D eigenvalue weighted by Crippen LogP contribution is -2.38. The number of nitrogens with one attached hydrogen (secondary N) is 2. The van der Waals surface area contributed by atoms with Crippen molar-refractivity contribution >= 4 is 39.3 Å². The maximum Gasteiger partial charge on any atom is 0.315 e. The van der Waals surface area contributed by atoms with Crippen molar-refractivity contribution in [2.75, 3.05) is 25.9 Å². The van der Waals surface area contributed by atoms with Gasteiger partial charge in [0.15, 0.2) is 0 Å². The van der Waals surface area contributed by atoms with Gasteiger partial charge in [0, 0.05) is 20.1 Å². The number of sulfonamides is 1. The van der Waals surface area contributed by atoms with E-state index in [1.165, 1.54) is 11.4 Å². The van der Waals surface area contributed by atoms with Gasteiger partial charge in [0.25, 0.3) is 0 Å². The van der Waals surface area contributed by atoms with Gasteiger partial charge in [-0.3, -0.25) is 0 Å². The van der Waals surface area contributed by atoms with E-state index < -0.39 is 10.0 Å². The lowest BCUT2D eigenvalue weighted by molar-refractivity contribution is 0.237. The van der Waals surface area contributed by atoms with Crippen molar-refractivity contribution in [1.29, 1.82) is 0 Å². The quantitative estimate of drug-likeness (QED) is 0.663. The number of hydrogen-bond donors (Lipinski definition) is 2. The van der Waals surface area contributed by atoms with E-state index in [2.05, 4.69) is 10.6 Å². The van der Waals surface area contributed by atoms with E-state index in [0.717, 1.165) is 5.56 Å². The lowest BCUT2D eigenvalue weighted by Gasteiger charge is -2.17. The first-order valence-electron chi connectivity index (χ1n) is 7.60. The molecule has 0 heterocycles. The van der Waals surface area contributed by atoms with Crippen molar-refractivity contribution in [3.63, 3.8) is 0 Å². The summed E-state index contributed by atoms with van der Waals surface area (Å²) in [6.07, 6.45) is 0.532. The molecule has 9 heteroatoms. The van der Waals surface area contributed by atoms with Crippen LogP contribution in [0.3, 0.4) is 0 Å². The minimum absolute atomic E-state index is 0.0680. The fourth-order valence-corrected chi connectivity index (χ4v) is 3.13. The number of carbonyl (C=O) groups is 1. The second-order valence-electron chi connectivity index (χ2n) is 5.37. The molecule has 0 aliphatic carbocycles. The van der Waals surface area contributed by atoms with Gasteiger partial charge in [-0.2, -0.15) is 0 Å². The first-order valence-corrected chi connectivity index (χ1v) is 9.97. The van der Waals surface area contributed by atoms with Crippen LogP contribution in [-0.2, 0) is 10.0 Å². The third kappa shape index (κ3) is 6.47. The summed E-state index contributed by atoms with van der Waals surface area (Å²) in [5.41, 5.74) is 0.841. The highest BCUT2D eigenvalue weighted by Gasteiger charge is 2.14. The standard InChI is InChI=1S/C15H23Cl2N3O3S/c1-4-24(22,23)20(3)9-5-8-18-15(21)19-11(2)12-6-7-13(16)14(17)10-12/h6-7,10-11H,4-5,8-9H2,1-3H3,(H2,18,19,21). The molecule has 1 aromatic rings. The van der Waals surface area contributed by atoms with Gasteiger partial charge in [-0.15, -0.1) is 0 Å². The highest BCUT2D eigenvalue weighted by Crippen LogP contribution is 2.25. The van der Waals surface area contributed by atoms with Gasteiger partial charge < -0.3 is 10.6 Å². The Morgan fingerprint density at radius 2 is 1.96 bits per heavy atom. The zero-order chi connectivity index (χ0) is 18.3. The number of amides is 2. The topological polar surface area (TPSA) is 78.5 Å². The van der Waals surface area contributed by atoms with Crippen LogP contribution < -0.4 is 10.6 Å². The van der Waals surface area contributed by atoms with E-state index in [-0.39, 0.29) is 17.8 Å². The summed E-state index contributed by atoms with van der Waals surface area (Å²) in [6.45, 7) is 4.17. The van der Waals surface area contributed by atoms with Gasteiger partial charge in [-0.05, 0) is 38.0 Å². The summed E-state index contributed by atoms with van der Waals surface area (Å²) in [4.78, 5) is 11.9. The molecule has 0 saturated carbocycles. The molecule has 0 spiro atoms. The summed E-state index contributed by atoms with van der Waals surface area (Å²) < 4.78 is 24.5. The number of halogens is 2. The predicted molar refractivity (Wildman–Crippen MR) is 98.1 cm³/mol. The van der Waals surface area contributed by atoms with E-state index >= 15 is 0 Å². The molecule has 1 rings (SSSR count). The van der Waals surface area contributed by atoms with Gasteiger partial charge >= 0.3 is 6.03 Å². The number of nitrogens with zero attached hydrogens (tertiary/aromatic N) is 1. The SMILES string of the molecule is CCS(=O)(=O)N(C)CCCNC(=O)NC(C)c1ccc(Cl)c(Cl)c1. The first kappa shape index (κ1) is 21.0. The molecule has 0 aromatic heterocycles. The summed E-state index contributed by atoms with van der Waals surface area (Å²) in [6, 6.07) is 4.63. The molecule has 0 aliphatic rings. The van der Waals surface area contributed by atoms with Crippen LogP contribution in [0, 0.1) is 0 Å². The van der Waals surface area contributed by atoms with Crippen LogP contribution in [0.4, 0.5) is 4.79 Å². The van der Waals surface area contributed by atoms with Gasteiger partial charge in [-0.25, -0.2) is 17.5 Å². The largest absolute Gasteiger partial charge is 0.338 e. The molecule has 136 valence electrons. The molecule has 0 fully saturated rings. The van der Waals surface area contributed by atoms with Crippen LogP contribution in [0.2, 0.25) is 10.0 Å². The van der Waals surface area contributed by atoms with E-state index in [0.29, 0.717) is 29.6 Å². The molecule has 6 nitrogen and oxygen atoms in total. The van der Waals surface area contributed by atoms with Crippen LogP contribution in [0.15, 0.2) is 18.2 Å². The maximum absolute atomic E-state index is 11.9. The third-order valence-electron chi connectivity index (χ3n) is 3.57.